The van der Waals surface area contributed by atoms with E-state index in [1.807, 2.05) is 60.5 Å². The summed E-state index contributed by atoms with van der Waals surface area (Å²) in [7, 11) is 0. The van der Waals surface area contributed by atoms with Gasteiger partial charge in [-0.1, -0.05) is 43.9 Å². The summed E-state index contributed by atoms with van der Waals surface area (Å²) >= 11 is 0. The quantitative estimate of drug-likeness (QED) is 0.454. The molecule has 3 aromatic rings. The minimum Gasteiger partial charge on any atom is -0.454 e. The Morgan fingerprint density at radius 3 is 2.56 bits per heavy atom. The third-order valence-electron chi connectivity index (χ3n) is 6.51. The maximum absolute atomic E-state index is 13.1. The zero-order chi connectivity index (χ0) is 23.9. The number of amides is 2. The molecule has 6 nitrogen and oxygen atoms in total. The zero-order valence-electron chi connectivity index (χ0n) is 20.3. The van der Waals surface area contributed by atoms with Crippen molar-refractivity contribution in [1.82, 2.24) is 14.8 Å². The van der Waals surface area contributed by atoms with Gasteiger partial charge in [-0.25, -0.2) is 0 Å². The van der Waals surface area contributed by atoms with Crippen LogP contribution >= 0.6 is 0 Å². The summed E-state index contributed by atoms with van der Waals surface area (Å²) in [5.41, 5.74) is 2.87. The van der Waals surface area contributed by atoms with Crippen molar-refractivity contribution in [2.24, 2.45) is 0 Å². The minimum absolute atomic E-state index is 0.0364. The number of carbonyl (C=O) groups is 2. The number of aromatic nitrogens is 1. The van der Waals surface area contributed by atoms with Crippen molar-refractivity contribution in [3.8, 4) is 0 Å². The van der Waals surface area contributed by atoms with Crippen LogP contribution in [0.2, 0.25) is 0 Å². The summed E-state index contributed by atoms with van der Waals surface area (Å²) in [5, 5.41) is 3.11. The molecule has 0 aliphatic heterocycles. The molecule has 34 heavy (non-hydrogen) atoms. The largest absolute Gasteiger partial charge is 0.454 e. The van der Waals surface area contributed by atoms with Crippen LogP contribution in [0.1, 0.15) is 83.4 Å². The van der Waals surface area contributed by atoms with Crippen molar-refractivity contribution < 1.29 is 14.0 Å². The molecule has 4 rings (SSSR count). The van der Waals surface area contributed by atoms with Gasteiger partial charge in [0.2, 0.25) is 0 Å². The van der Waals surface area contributed by atoms with E-state index in [0.717, 1.165) is 36.3 Å². The van der Waals surface area contributed by atoms with Gasteiger partial charge in [0.25, 0.3) is 11.8 Å². The van der Waals surface area contributed by atoms with E-state index >= 15 is 0 Å². The van der Waals surface area contributed by atoms with Crippen LogP contribution in [-0.4, -0.2) is 33.9 Å². The van der Waals surface area contributed by atoms with E-state index in [1.165, 1.54) is 19.3 Å². The number of hydrogen-bond acceptors (Lipinski definition) is 3. The first-order valence-corrected chi connectivity index (χ1v) is 12.4. The van der Waals surface area contributed by atoms with Gasteiger partial charge < -0.3 is 19.2 Å². The lowest BCUT2D eigenvalue weighted by Crippen LogP contribution is -2.35. The third-order valence-corrected chi connectivity index (χ3v) is 6.51. The van der Waals surface area contributed by atoms with Crippen LogP contribution in [0.3, 0.4) is 0 Å². The number of rotatable bonds is 9. The van der Waals surface area contributed by atoms with Gasteiger partial charge in [-0.2, -0.15) is 0 Å². The molecular weight excluding hydrogens is 426 g/mol. The first-order valence-electron chi connectivity index (χ1n) is 12.4. The van der Waals surface area contributed by atoms with Crippen molar-refractivity contribution in [2.45, 2.75) is 71.5 Å². The van der Waals surface area contributed by atoms with Gasteiger partial charge in [0.05, 0.1) is 13.1 Å². The van der Waals surface area contributed by atoms with E-state index in [2.05, 4.69) is 16.8 Å². The average Bonchev–Trinajstić information content (AvgIpc) is 3.49. The molecule has 1 fully saturated rings. The van der Waals surface area contributed by atoms with Crippen LogP contribution in [0.5, 0.6) is 0 Å². The summed E-state index contributed by atoms with van der Waals surface area (Å²) in [5.74, 6) is 0.979. The van der Waals surface area contributed by atoms with Crippen molar-refractivity contribution in [1.29, 1.82) is 0 Å². The van der Waals surface area contributed by atoms with Gasteiger partial charge in [-0.3, -0.25) is 9.59 Å². The maximum Gasteiger partial charge on any atom is 0.287 e. The molecule has 1 aliphatic carbocycles. The highest BCUT2D eigenvalue weighted by atomic mass is 16.4. The number of carbonyl (C=O) groups excluding carboxylic acids is 2. The molecule has 0 unspecified atom stereocenters. The fraction of sp³-hybridized carbons (Fsp3) is 0.429. The van der Waals surface area contributed by atoms with Crippen molar-refractivity contribution in [3.05, 3.63) is 83.1 Å². The fourth-order valence-electron chi connectivity index (χ4n) is 4.60. The lowest BCUT2D eigenvalue weighted by Gasteiger charge is -2.23. The molecule has 2 amide bonds. The summed E-state index contributed by atoms with van der Waals surface area (Å²) in [6.07, 6.45) is 8.56. The Morgan fingerprint density at radius 2 is 1.82 bits per heavy atom. The highest BCUT2D eigenvalue weighted by Gasteiger charge is 2.20. The normalized spacial score (nSPS) is 14.2. The average molecular weight is 462 g/mol. The van der Waals surface area contributed by atoms with Crippen molar-refractivity contribution in [2.75, 3.05) is 6.54 Å². The molecule has 1 aliphatic rings. The molecule has 0 saturated heterocycles. The highest BCUT2D eigenvalue weighted by Crippen LogP contribution is 2.19. The van der Waals surface area contributed by atoms with Crippen LogP contribution < -0.4 is 5.32 Å². The molecule has 180 valence electrons. The van der Waals surface area contributed by atoms with E-state index in [4.69, 9.17) is 4.42 Å². The molecule has 0 atom stereocenters. The molecule has 1 saturated carbocycles. The Bertz CT molecular complexity index is 1090. The predicted molar refractivity (Wildman–Crippen MR) is 133 cm³/mol. The van der Waals surface area contributed by atoms with E-state index in [0.29, 0.717) is 31.0 Å². The van der Waals surface area contributed by atoms with Gasteiger partial charge >= 0.3 is 0 Å². The topological polar surface area (TPSA) is 67.5 Å². The Kier molecular flexibility index (Phi) is 7.88. The maximum atomic E-state index is 13.1. The van der Waals surface area contributed by atoms with E-state index < -0.39 is 0 Å². The lowest BCUT2D eigenvalue weighted by molar-refractivity contribution is 0.0739. The standard InChI is InChI=1S/C28H35N3O3/c1-3-17-31(28(33)22-13-11-21(2)12-14-22)19-24-10-7-18-30(24)20-25-15-16-26(34-25)27(32)29-23-8-5-4-6-9-23/h7,10-16,18,23H,3-6,8-9,17,19-20H2,1-2H3,(H,29,32). The van der Waals surface area contributed by atoms with Crippen LogP contribution in [0.4, 0.5) is 0 Å². The van der Waals surface area contributed by atoms with E-state index in [-0.39, 0.29) is 17.9 Å². The smallest absolute Gasteiger partial charge is 0.287 e. The first kappa shape index (κ1) is 23.9. The summed E-state index contributed by atoms with van der Waals surface area (Å²) < 4.78 is 7.96. The Morgan fingerprint density at radius 1 is 1.06 bits per heavy atom. The Hall–Kier alpha value is -3.28. The number of furan rings is 1. The summed E-state index contributed by atoms with van der Waals surface area (Å²) in [4.78, 5) is 27.6. The minimum atomic E-state index is -0.135. The first-order chi connectivity index (χ1) is 16.5. The number of nitrogens with zero attached hydrogens (tertiary/aromatic N) is 2. The SMILES string of the molecule is CCCN(Cc1cccn1Cc1ccc(C(=O)NC2CCCCC2)o1)C(=O)c1ccc(C)cc1. The molecule has 6 heteroatoms. The number of aryl methyl sites for hydroxylation is 1. The highest BCUT2D eigenvalue weighted by molar-refractivity contribution is 5.94. The van der Waals surface area contributed by atoms with E-state index in [9.17, 15) is 9.59 Å². The second kappa shape index (κ2) is 11.2. The van der Waals surface area contributed by atoms with Crippen LogP contribution in [-0.2, 0) is 13.1 Å². The molecule has 0 radical (unpaired) electrons. The third kappa shape index (κ3) is 5.99. The predicted octanol–water partition coefficient (Wildman–Crippen LogP) is 5.55. The number of benzene rings is 1. The van der Waals surface area contributed by atoms with Gasteiger partial charge in [0.15, 0.2) is 5.76 Å². The second-order valence-electron chi connectivity index (χ2n) is 9.29. The monoisotopic (exact) mass is 461 g/mol. The van der Waals surface area contributed by atoms with Crippen LogP contribution in [0.15, 0.2) is 59.1 Å². The van der Waals surface area contributed by atoms with Crippen LogP contribution in [0.25, 0.3) is 0 Å². The summed E-state index contributed by atoms with van der Waals surface area (Å²) in [6, 6.07) is 15.6. The number of nitrogens with one attached hydrogen (secondary N) is 1. The molecular formula is C28H35N3O3. The molecule has 2 aromatic heterocycles. The Balaban J connectivity index is 1.41. The molecule has 0 spiro atoms. The van der Waals surface area contributed by atoms with Crippen molar-refractivity contribution in [3.63, 3.8) is 0 Å². The lowest BCUT2D eigenvalue weighted by atomic mass is 9.95. The Labute approximate surface area is 201 Å². The number of hydrogen-bond donors (Lipinski definition) is 1. The van der Waals surface area contributed by atoms with Gasteiger partial charge in [-0.15, -0.1) is 0 Å². The molecule has 1 N–H and O–H groups in total. The van der Waals surface area contributed by atoms with Crippen LogP contribution in [0, 0.1) is 6.92 Å². The molecule has 1 aromatic carbocycles. The molecule has 0 bridgehead atoms. The van der Waals surface area contributed by atoms with Gasteiger partial charge in [0.1, 0.15) is 5.76 Å². The molecule has 2 heterocycles. The van der Waals surface area contributed by atoms with Crippen molar-refractivity contribution >= 4 is 11.8 Å². The van der Waals surface area contributed by atoms with Gasteiger partial charge in [-0.05, 0) is 62.6 Å². The zero-order valence-corrected chi connectivity index (χ0v) is 20.3. The fourth-order valence-corrected chi connectivity index (χ4v) is 4.60. The summed E-state index contributed by atoms with van der Waals surface area (Å²) in [6.45, 7) is 5.81. The van der Waals surface area contributed by atoms with E-state index in [1.54, 1.807) is 6.07 Å². The van der Waals surface area contributed by atoms with Gasteiger partial charge in [0, 0.05) is 30.0 Å². The second-order valence-corrected chi connectivity index (χ2v) is 9.29.